The highest BCUT2D eigenvalue weighted by atomic mass is 19.1. The second kappa shape index (κ2) is 5.71. The maximum absolute atomic E-state index is 13.3. The van der Waals surface area contributed by atoms with E-state index in [2.05, 4.69) is 0 Å². The molecular formula is C17H20FNO3. The molecule has 5 heteroatoms. The van der Waals surface area contributed by atoms with Crippen LogP contribution in [0.15, 0.2) is 18.2 Å². The third-order valence-corrected chi connectivity index (χ3v) is 4.64. The molecule has 0 aliphatic heterocycles. The van der Waals surface area contributed by atoms with Crippen molar-refractivity contribution in [3.05, 3.63) is 35.1 Å². The number of hydrogen-bond acceptors (Lipinski definition) is 2. The molecule has 0 saturated heterocycles. The van der Waals surface area contributed by atoms with Gasteiger partial charge in [-0.15, -0.1) is 0 Å². The van der Waals surface area contributed by atoms with Crippen LogP contribution in [0.2, 0.25) is 0 Å². The summed E-state index contributed by atoms with van der Waals surface area (Å²) in [5.41, 5.74) is 1.81. The normalized spacial score (nSPS) is 21.3. The molecule has 0 bridgehead atoms. The Bertz CT molecular complexity index is 612. The summed E-state index contributed by atoms with van der Waals surface area (Å²) in [5, 5.41) is 9.09. The van der Waals surface area contributed by atoms with E-state index >= 15 is 0 Å². The number of halogens is 1. The molecule has 0 radical (unpaired) electrons. The Labute approximate surface area is 128 Å². The van der Waals surface area contributed by atoms with Crippen molar-refractivity contribution in [2.24, 2.45) is 5.92 Å². The van der Waals surface area contributed by atoms with Gasteiger partial charge in [0, 0.05) is 12.6 Å². The molecule has 1 amide bonds. The van der Waals surface area contributed by atoms with Crippen LogP contribution in [0.3, 0.4) is 0 Å². The monoisotopic (exact) mass is 305 g/mol. The number of aliphatic carboxylic acids is 1. The third-order valence-electron chi connectivity index (χ3n) is 4.64. The van der Waals surface area contributed by atoms with Crippen LogP contribution < -0.4 is 0 Å². The Morgan fingerprint density at radius 3 is 2.73 bits per heavy atom. The number of aryl methyl sites for hydroxylation is 1. The standard InChI is InChI=1S/C17H20FNO3/c1-10(17(21)22)9-19(13-4-5-13)16(20)15-6-2-11-8-12(18)3-7-14(11)15/h3,7-8,10,13,15H,2,4-6,9H2,1H3,(H,21,22). The molecule has 2 aliphatic carbocycles. The maximum Gasteiger partial charge on any atom is 0.308 e. The summed E-state index contributed by atoms with van der Waals surface area (Å²) in [6, 6.07) is 4.78. The first-order chi connectivity index (χ1) is 10.5. The molecule has 1 aromatic carbocycles. The molecule has 1 aromatic rings. The van der Waals surface area contributed by atoms with E-state index < -0.39 is 11.9 Å². The minimum atomic E-state index is -0.882. The molecule has 2 atom stereocenters. The number of hydrogen-bond donors (Lipinski definition) is 1. The fraction of sp³-hybridized carbons (Fsp3) is 0.529. The van der Waals surface area contributed by atoms with E-state index in [1.807, 2.05) is 0 Å². The van der Waals surface area contributed by atoms with Gasteiger partial charge in [-0.3, -0.25) is 9.59 Å². The Hall–Kier alpha value is -1.91. The largest absolute Gasteiger partial charge is 0.481 e. The number of fused-ring (bicyclic) bond motifs is 1. The number of carbonyl (C=O) groups is 2. The van der Waals surface area contributed by atoms with Gasteiger partial charge in [0.15, 0.2) is 0 Å². The zero-order chi connectivity index (χ0) is 15.9. The van der Waals surface area contributed by atoms with Crippen LogP contribution in [0, 0.1) is 11.7 Å². The summed E-state index contributed by atoms with van der Waals surface area (Å²) in [6.07, 6.45) is 3.28. The van der Waals surface area contributed by atoms with Gasteiger partial charge in [-0.25, -0.2) is 4.39 Å². The second-order valence-corrected chi connectivity index (χ2v) is 6.40. The summed E-state index contributed by atoms with van der Waals surface area (Å²) in [7, 11) is 0. The maximum atomic E-state index is 13.3. The average molecular weight is 305 g/mol. The van der Waals surface area contributed by atoms with Gasteiger partial charge in [0.25, 0.3) is 0 Å². The zero-order valence-electron chi connectivity index (χ0n) is 12.6. The molecule has 2 aliphatic rings. The minimum Gasteiger partial charge on any atom is -0.481 e. The molecule has 118 valence electrons. The smallest absolute Gasteiger partial charge is 0.308 e. The van der Waals surface area contributed by atoms with Crippen molar-refractivity contribution in [1.29, 1.82) is 0 Å². The van der Waals surface area contributed by atoms with Crippen LogP contribution >= 0.6 is 0 Å². The first-order valence-corrected chi connectivity index (χ1v) is 7.79. The van der Waals surface area contributed by atoms with E-state index in [-0.39, 0.29) is 30.2 Å². The summed E-state index contributed by atoms with van der Waals surface area (Å²) < 4.78 is 13.3. The van der Waals surface area contributed by atoms with E-state index in [1.165, 1.54) is 12.1 Å². The predicted octanol–water partition coefficient (Wildman–Crippen LogP) is 2.57. The van der Waals surface area contributed by atoms with E-state index in [4.69, 9.17) is 5.11 Å². The van der Waals surface area contributed by atoms with Crippen LogP contribution in [-0.2, 0) is 16.0 Å². The second-order valence-electron chi connectivity index (χ2n) is 6.40. The summed E-state index contributed by atoms with van der Waals surface area (Å²) in [6.45, 7) is 1.88. The molecule has 1 saturated carbocycles. The van der Waals surface area contributed by atoms with Crippen molar-refractivity contribution in [1.82, 2.24) is 4.90 Å². The molecule has 22 heavy (non-hydrogen) atoms. The van der Waals surface area contributed by atoms with E-state index in [1.54, 1.807) is 17.9 Å². The topological polar surface area (TPSA) is 57.6 Å². The average Bonchev–Trinajstić information content (AvgIpc) is 3.23. The predicted molar refractivity (Wildman–Crippen MR) is 79.0 cm³/mol. The van der Waals surface area contributed by atoms with Crippen molar-refractivity contribution in [2.45, 2.75) is 44.6 Å². The number of carboxylic acids is 1. The molecule has 0 spiro atoms. The van der Waals surface area contributed by atoms with E-state index in [0.717, 1.165) is 24.0 Å². The highest BCUT2D eigenvalue weighted by Gasteiger charge is 2.39. The Kier molecular flexibility index (Phi) is 3.89. The van der Waals surface area contributed by atoms with Crippen LogP contribution in [0.1, 0.15) is 43.2 Å². The lowest BCUT2D eigenvalue weighted by Crippen LogP contribution is -2.40. The van der Waals surface area contributed by atoms with Gasteiger partial charge in [0.05, 0.1) is 11.8 Å². The lowest BCUT2D eigenvalue weighted by molar-refractivity contribution is -0.143. The highest BCUT2D eigenvalue weighted by Crippen LogP contribution is 2.38. The molecule has 0 aromatic heterocycles. The first-order valence-electron chi connectivity index (χ1n) is 7.79. The van der Waals surface area contributed by atoms with Gasteiger partial charge in [-0.1, -0.05) is 13.0 Å². The summed E-state index contributed by atoms with van der Waals surface area (Å²) >= 11 is 0. The van der Waals surface area contributed by atoms with Crippen LogP contribution in [0.5, 0.6) is 0 Å². The van der Waals surface area contributed by atoms with Crippen LogP contribution in [-0.4, -0.2) is 34.5 Å². The lowest BCUT2D eigenvalue weighted by Gasteiger charge is -2.27. The molecule has 1 fully saturated rings. The molecule has 3 rings (SSSR count). The SMILES string of the molecule is CC(CN(C(=O)C1CCc2cc(F)ccc21)C1CC1)C(=O)O. The number of nitrogens with zero attached hydrogens (tertiary/aromatic N) is 1. The molecule has 2 unspecified atom stereocenters. The number of carboxylic acid groups (broad SMARTS) is 1. The number of carbonyl (C=O) groups excluding carboxylic acids is 1. The quantitative estimate of drug-likeness (QED) is 0.909. The molecule has 4 nitrogen and oxygen atoms in total. The van der Waals surface area contributed by atoms with Gasteiger partial charge in [0.1, 0.15) is 5.82 Å². The lowest BCUT2D eigenvalue weighted by atomic mass is 9.99. The number of benzene rings is 1. The molecule has 1 N–H and O–H groups in total. The fourth-order valence-electron chi connectivity index (χ4n) is 3.22. The molecular weight excluding hydrogens is 285 g/mol. The van der Waals surface area contributed by atoms with Gasteiger partial charge in [-0.2, -0.15) is 0 Å². The minimum absolute atomic E-state index is 0.000887. The van der Waals surface area contributed by atoms with Crippen molar-refractivity contribution in [3.8, 4) is 0 Å². The van der Waals surface area contributed by atoms with Crippen molar-refractivity contribution >= 4 is 11.9 Å². The van der Waals surface area contributed by atoms with Crippen LogP contribution in [0.25, 0.3) is 0 Å². The van der Waals surface area contributed by atoms with Gasteiger partial charge >= 0.3 is 5.97 Å². The Balaban J connectivity index is 1.79. The van der Waals surface area contributed by atoms with Gasteiger partial charge in [0.2, 0.25) is 5.91 Å². The van der Waals surface area contributed by atoms with Crippen molar-refractivity contribution in [3.63, 3.8) is 0 Å². The first kappa shape index (κ1) is 15.0. The highest BCUT2D eigenvalue weighted by molar-refractivity contribution is 5.86. The van der Waals surface area contributed by atoms with Crippen molar-refractivity contribution in [2.75, 3.05) is 6.54 Å². The summed E-state index contributed by atoms with van der Waals surface area (Å²) in [4.78, 5) is 25.7. The van der Waals surface area contributed by atoms with Gasteiger partial charge in [-0.05, 0) is 48.9 Å². The van der Waals surface area contributed by atoms with Gasteiger partial charge < -0.3 is 10.0 Å². The van der Waals surface area contributed by atoms with Crippen molar-refractivity contribution < 1.29 is 19.1 Å². The number of rotatable bonds is 5. The Morgan fingerprint density at radius 1 is 1.36 bits per heavy atom. The fourth-order valence-corrected chi connectivity index (χ4v) is 3.22. The van der Waals surface area contributed by atoms with E-state index in [0.29, 0.717) is 12.8 Å². The number of amides is 1. The van der Waals surface area contributed by atoms with E-state index in [9.17, 15) is 14.0 Å². The summed E-state index contributed by atoms with van der Waals surface area (Å²) in [5.74, 6) is -1.98. The Morgan fingerprint density at radius 2 is 2.09 bits per heavy atom. The molecule has 0 heterocycles. The van der Waals surface area contributed by atoms with Crippen LogP contribution in [0.4, 0.5) is 4.39 Å². The zero-order valence-corrected chi connectivity index (χ0v) is 12.6. The third kappa shape index (κ3) is 2.85.